The summed E-state index contributed by atoms with van der Waals surface area (Å²) in [6, 6.07) is 15.2. The van der Waals surface area contributed by atoms with Gasteiger partial charge in [0.05, 0.1) is 23.1 Å². The molecule has 3 aromatic carbocycles. The van der Waals surface area contributed by atoms with Gasteiger partial charge in [-0.2, -0.15) is 17.5 Å². The highest BCUT2D eigenvalue weighted by Crippen LogP contribution is 2.42. The van der Waals surface area contributed by atoms with Gasteiger partial charge in [-0.1, -0.05) is 32.9 Å². The van der Waals surface area contributed by atoms with E-state index in [1.54, 1.807) is 30.3 Å². The molecular weight excluding hydrogens is 543 g/mol. The minimum atomic E-state index is -4.54. The predicted octanol–water partition coefficient (Wildman–Crippen LogP) is 6.20. The van der Waals surface area contributed by atoms with Crippen LogP contribution < -0.4 is 9.47 Å². The van der Waals surface area contributed by atoms with Crippen LogP contribution in [0.25, 0.3) is 0 Å². The number of piperazine rings is 1. The highest BCUT2D eigenvalue weighted by Gasteiger charge is 2.34. The molecule has 0 aromatic heterocycles. The van der Waals surface area contributed by atoms with Gasteiger partial charge in [-0.15, -0.1) is 0 Å². The van der Waals surface area contributed by atoms with Crippen molar-refractivity contribution in [1.82, 2.24) is 9.21 Å². The maximum Gasteiger partial charge on any atom is 0.416 e. The number of benzene rings is 3. The van der Waals surface area contributed by atoms with Crippen LogP contribution in [0.4, 0.5) is 18.9 Å². The lowest BCUT2D eigenvalue weighted by Crippen LogP contribution is -2.50. The van der Waals surface area contributed by atoms with Crippen LogP contribution in [0.3, 0.4) is 0 Å². The lowest BCUT2D eigenvalue weighted by Gasteiger charge is -2.36. The minimum Gasteiger partial charge on any atom is -0.497 e. The van der Waals surface area contributed by atoms with Crippen molar-refractivity contribution in [3.63, 3.8) is 0 Å². The summed E-state index contributed by atoms with van der Waals surface area (Å²) >= 11 is 0. The van der Waals surface area contributed by atoms with Crippen molar-refractivity contribution in [2.24, 2.45) is 4.99 Å². The Labute approximate surface area is 231 Å². The fourth-order valence-electron chi connectivity index (χ4n) is 4.72. The molecule has 2 aliphatic rings. The highest BCUT2D eigenvalue weighted by atomic mass is 32.2. The third kappa shape index (κ3) is 5.40. The minimum absolute atomic E-state index is 0.0361. The lowest BCUT2D eigenvalue weighted by molar-refractivity contribution is -0.137. The van der Waals surface area contributed by atoms with Crippen molar-refractivity contribution in [2.45, 2.75) is 37.3 Å². The zero-order chi connectivity index (χ0) is 28.9. The van der Waals surface area contributed by atoms with Gasteiger partial charge in [0.15, 0.2) is 5.75 Å². The molecule has 0 radical (unpaired) electrons. The molecule has 0 saturated carbocycles. The Morgan fingerprint density at radius 1 is 0.850 bits per heavy atom. The van der Waals surface area contributed by atoms with E-state index in [1.807, 2.05) is 17.0 Å². The zero-order valence-corrected chi connectivity index (χ0v) is 23.4. The Morgan fingerprint density at radius 2 is 1.48 bits per heavy atom. The fourth-order valence-corrected chi connectivity index (χ4v) is 6.14. The summed E-state index contributed by atoms with van der Waals surface area (Å²) < 4.78 is 80.0. The summed E-state index contributed by atoms with van der Waals surface area (Å²) in [4.78, 5) is 6.71. The summed E-state index contributed by atoms with van der Waals surface area (Å²) in [5.41, 5.74) is 0.671. The summed E-state index contributed by atoms with van der Waals surface area (Å²) in [6.07, 6.45) is -4.54. The normalized spacial score (nSPS) is 16.4. The second-order valence-electron chi connectivity index (χ2n) is 10.7. The SMILES string of the molecule is COc1ccc2c(c1)C(N1CCN(S(=O)(=O)c3ccc(C(C)(C)C)cc3)CC1)=Nc1cc(C(F)(F)F)ccc1O2. The Balaban J connectivity index is 1.45. The number of halogens is 3. The lowest BCUT2D eigenvalue weighted by atomic mass is 9.87. The van der Waals surface area contributed by atoms with Gasteiger partial charge < -0.3 is 14.4 Å². The van der Waals surface area contributed by atoms with Gasteiger partial charge in [0.2, 0.25) is 10.0 Å². The number of ether oxygens (including phenoxy) is 2. The van der Waals surface area contributed by atoms with Crippen LogP contribution in [0.2, 0.25) is 0 Å². The first kappa shape index (κ1) is 28.0. The Bertz CT molecular complexity index is 1550. The standard InChI is InChI=1S/C29H30F3N3O4S/c1-28(2,3)19-5-9-22(10-6-19)40(36,37)35-15-13-34(14-16-35)27-23-18-21(38-4)8-12-25(23)39-26-11-7-20(29(30,31)32)17-24(26)33-27/h5-12,17-18H,13-16H2,1-4H3. The molecule has 2 aliphatic heterocycles. The number of methoxy groups -OCH3 is 1. The molecular formula is C29H30F3N3O4S. The van der Waals surface area contributed by atoms with Crippen molar-refractivity contribution in [1.29, 1.82) is 0 Å². The van der Waals surface area contributed by atoms with E-state index in [0.717, 1.165) is 17.7 Å². The van der Waals surface area contributed by atoms with E-state index in [1.165, 1.54) is 17.5 Å². The maximum absolute atomic E-state index is 13.5. The van der Waals surface area contributed by atoms with Crippen molar-refractivity contribution in [3.05, 3.63) is 77.4 Å². The molecule has 11 heteroatoms. The van der Waals surface area contributed by atoms with E-state index in [2.05, 4.69) is 25.8 Å². The number of hydrogen-bond acceptors (Lipinski definition) is 6. The van der Waals surface area contributed by atoms with Crippen LogP contribution in [-0.2, 0) is 21.6 Å². The van der Waals surface area contributed by atoms with E-state index in [-0.39, 0.29) is 47.9 Å². The van der Waals surface area contributed by atoms with Crippen LogP contribution in [0, 0.1) is 0 Å². The zero-order valence-electron chi connectivity index (χ0n) is 22.6. The number of sulfonamides is 1. The Hall–Kier alpha value is -3.57. The molecule has 0 unspecified atom stereocenters. The van der Waals surface area contributed by atoms with Crippen LogP contribution in [0.5, 0.6) is 17.2 Å². The topological polar surface area (TPSA) is 71.4 Å². The molecule has 7 nitrogen and oxygen atoms in total. The highest BCUT2D eigenvalue weighted by molar-refractivity contribution is 7.89. The van der Waals surface area contributed by atoms with E-state index >= 15 is 0 Å². The van der Waals surface area contributed by atoms with Gasteiger partial charge >= 0.3 is 6.18 Å². The second kappa shape index (κ2) is 10.1. The average Bonchev–Trinajstić information content (AvgIpc) is 3.08. The molecule has 3 aromatic rings. The first-order valence-electron chi connectivity index (χ1n) is 12.8. The Morgan fingerprint density at radius 3 is 2.08 bits per heavy atom. The van der Waals surface area contributed by atoms with Gasteiger partial charge in [-0.3, -0.25) is 0 Å². The van der Waals surface area contributed by atoms with E-state index in [4.69, 9.17) is 9.47 Å². The molecule has 1 fully saturated rings. The van der Waals surface area contributed by atoms with Gasteiger partial charge in [-0.25, -0.2) is 13.4 Å². The van der Waals surface area contributed by atoms with E-state index < -0.39 is 21.8 Å². The van der Waals surface area contributed by atoms with Gasteiger partial charge in [0.25, 0.3) is 0 Å². The quantitative estimate of drug-likeness (QED) is 0.373. The number of nitrogens with zero attached hydrogens (tertiary/aromatic N) is 3. The third-order valence-electron chi connectivity index (χ3n) is 7.06. The maximum atomic E-state index is 13.5. The predicted molar refractivity (Wildman–Crippen MR) is 146 cm³/mol. The third-order valence-corrected chi connectivity index (χ3v) is 8.97. The summed E-state index contributed by atoms with van der Waals surface area (Å²) in [5.74, 6) is 1.51. The van der Waals surface area contributed by atoms with Crippen molar-refractivity contribution in [2.75, 3.05) is 33.3 Å². The van der Waals surface area contributed by atoms with Gasteiger partial charge in [-0.05, 0) is 59.5 Å². The van der Waals surface area contributed by atoms with Crippen LogP contribution >= 0.6 is 0 Å². The number of aliphatic imine (C=N–C) groups is 1. The molecule has 0 spiro atoms. The number of rotatable bonds is 3. The first-order chi connectivity index (χ1) is 18.8. The molecule has 0 bridgehead atoms. The van der Waals surface area contributed by atoms with E-state index in [0.29, 0.717) is 22.9 Å². The van der Waals surface area contributed by atoms with Crippen molar-refractivity contribution < 1.29 is 31.1 Å². The molecule has 5 rings (SSSR count). The largest absolute Gasteiger partial charge is 0.497 e. The second-order valence-corrected chi connectivity index (χ2v) is 12.7. The molecule has 0 N–H and O–H groups in total. The van der Waals surface area contributed by atoms with Crippen molar-refractivity contribution in [3.8, 4) is 17.2 Å². The van der Waals surface area contributed by atoms with Crippen LogP contribution in [-0.4, -0.2) is 56.7 Å². The number of hydrogen-bond donors (Lipinski definition) is 0. The monoisotopic (exact) mass is 573 g/mol. The van der Waals surface area contributed by atoms with Crippen LogP contribution in [0.15, 0.2) is 70.6 Å². The number of amidine groups is 1. The summed E-state index contributed by atoms with van der Waals surface area (Å²) in [5, 5.41) is 0. The number of alkyl halides is 3. The van der Waals surface area contributed by atoms with Crippen molar-refractivity contribution >= 4 is 21.5 Å². The smallest absolute Gasteiger partial charge is 0.416 e. The van der Waals surface area contributed by atoms with Gasteiger partial charge in [0.1, 0.15) is 23.0 Å². The van der Waals surface area contributed by atoms with Crippen LogP contribution in [0.1, 0.15) is 37.5 Å². The fraction of sp³-hybridized carbons (Fsp3) is 0.345. The van der Waals surface area contributed by atoms with Gasteiger partial charge in [0, 0.05) is 26.2 Å². The number of fused-ring (bicyclic) bond motifs is 2. The molecule has 40 heavy (non-hydrogen) atoms. The van der Waals surface area contributed by atoms with E-state index in [9.17, 15) is 21.6 Å². The molecule has 0 aliphatic carbocycles. The first-order valence-corrected chi connectivity index (χ1v) is 14.2. The molecule has 1 saturated heterocycles. The Kier molecular flexibility index (Phi) is 7.08. The molecule has 0 atom stereocenters. The molecule has 2 heterocycles. The molecule has 212 valence electrons. The summed E-state index contributed by atoms with van der Waals surface area (Å²) in [6.45, 7) is 7.11. The summed E-state index contributed by atoms with van der Waals surface area (Å²) in [7, 11) is -2.22. The molecule has 0 amide bonds. The average molecular weight is 574 g/mol.